The molecule has 1 aromatic rings. The number of sulfone groups is 1. The molecule has 1 aromatic carbocycles. The van der Waals surface area contributed by atoms with Gasteiger partial charge in [-0.1, -0.05) is 6.07 Å². The van der Waals surface area contributed by atoms with Gasteiger partial charge in [0.25, 0.3) is 10.1 Å². The molecule has 2 atom stereocenters. The van der Waals surface area contributed by atoms with Gasteiger partial charge in [-0.2, -0.15) is 12.7 Å². The Bertz CT molecular complexity index is 1030. The zero-order valence-electron chi connectivity index (χ0n) is 13.8. The summed E-state index contributed by atoms with van der Waals surface area (Å²) in [6.07, 6.45) is 0.119. The topological polar surface area (TPSA) is 152 Å². The van der Waals surface area contributed by atoms with Crippen LogP contribution in [0.3, 0.4) is 0 Å². The molecule has 1 aliphatic heterocycles. The maximum absolute atomic E-state index is 12.8. The van der Waals surface area contributed by atoms with Crippen LogP contribution in [0, 0.1) is 0 Å². The molecular formula is C13H17NO9S3. The van der Waals surface area contributed by atoms with E-state index in [1.807, 2.05) is 0 Å². The molecule has 26 heavy (non-hydrogen) atoms. The molecule has 1 heterocycles. The normalized spacial score (nSPS) is 22.4. The number of benzene rings is 1. The Hall–Kier alpha value is -1.54. The largest absolute Gasteiger partial charge is 0.480 e. The van der Waals surface area contributed by atoms with E-state index in [9.17, 15) is 35.2 Å². The first-order valence-electron chi connectivity index (χ1n) is 7.16. The summed E-state index contributed by atoms with van der Waals surface area (Å²) in [6, 6.07) is 2.74. The van der Waals surface area contributed by atoms with Crippen LogP contribution in [0.4, 0.5) is 0 Å². The van der Waals surface area contributed by atoms with Gasteiger partial charge in [0.1, 0.15) is 12.1 Å². The van der Waals surface area contributed by atoms with E-state index in [-0.39, 0.29) is 17.9 Å². The SMILES string of the molecule is CS(=O)(=O)OC1CCN(S(=O)(=O)c2cccc(S(C)(=O)=O)c2)[C@@H]1C(=O)O. The second kappa shape index (κ2) is 6.88. The van der Waals surface area contributed by atoms with Gasteiger partial charge >= 0.3 is 5.97 Å². The molecule has 1 N–H and O–H groups in total. The highest BCUT2D eigenvalue weighted by Crippen LogP contribution is 2.30. The van der Waals surface area contributed by atoms with Gasteiger partial charge in [-0.3, -0.25) is 8.98 Å². The molecule has 13 heteroatoms. The van der Waals surface area contributed by atoms with E-state index in [0.29, 0.717) is 4.31 Å². The molecule has 1 unspecified atom stereocenters. The van der Waals surface area contributed by atoms with Crippen LogP contribution in [0.2, 0.25) is 0 Å². The zero-order chi connectivity index (χ0) is 19.9. The number of aliphatic carboxylic acids is 1. The predicted molar refractivity (Wildman–Crippen MR) is 89.2 cm³/mol. The van der Waals surface area contributed by atoms with Crippen molar-refractivity contribution in [2.45, 2.75) is 28.4 Å². The Labute approximate surface area is 151 Å². The van der Waals surface area contributed by atoms with Crippen LogP contribution < -0.4 is 0 Å². The molecule has 2 rings (SSSR count). The summed E-state index contributed by atoms with van der Waals surface area (Å²) in [6.45, 7) is -0.289. The van der Waals surface area contributed by atoms with Gasteiger partial charge in [0.15, 0.2) is 9.84 Å². The molecule has 10 nitrogen and oxygen atoms in total. The third-order valence-electron chi connectivity index (χ3n) is 3.69. The molecule has 1 saturated heterocycles. The summed E-state index contributed by atoms with van der Waals surface area (Å²) < 4.78 is 76.7. The van der Waals surface area contributed by atoms with E-state index in [4.69, 9.17) is 4.18 Å². The minimum atomic E-state index is -4.39. The fourth-order valence-corrected chi connectivity index (χ4v) is 5.67. The molecule has 0 saturated carbocycles. The number of hydrogen-bond donors (Lipinski definition) is 1. The van der Waals surface area contributed by atoms with Crippen molar-refractivity contribution in [3.8, 4) is 0 Å². The molecule has 1 fully saturated rings. The number of carboxylic acids is 1. The van der Waals surface area contributed by atoms with E-state index in [2.05, 4.69) is 0 Å². The van der Waals surface area contributed by atoms with Crippen molar-refractivity contribution in [3.63, 3.8) is 0 Å². The van der Waals surface area contributed by atoms with Crippen LogP contribution in [0.25, 0.3) is 0 Å². The fraction of sp³-hybridized carbons (Fsp3) is 0.462. The van der Waals surface area contributed by atoms with Crippen molar-refractivity contribution in [3.05, 3.63) is 24.3 Å². The minimum absolute atomic E-state index is 0.144. The highest BCUT2D eigenvalue weighted by Gasteiger charge is 2.48. The fourth-order valence-electron chi connectivity index (χ4n) is 2.61. The Morgan fingerprint density at radius 1 is 1.12 bits per heavy atom. The number of nitrogens with zero attached hydrogens (tertiary/aromatic N) is 1. The molecule has 0 aromatic heterocycles. The molecule has 0 spiro atoms. The van der Waals surface area contributed by atoms with Crippen molar-refractivity contribution in [2.75, 3.05) is 19.1 Å². The molecular weight excluding hydrogens is 410 g/mol. The first-order chi connectivity index (χ1) is 11.7. The maximum Gasteiger partial charge on any atom is 0.324 e. The summed E-state index contributed by atoms with van der Waals surface area (Å²) in [7, 11) is -12.1. The van der Waals surface area contributed by atoms with E-state index >= 15 is 0 Å². The monoisotopic (exact) mass is 427 g/mol. The molecule has 1 aliphatic rings. The van der Waals surface area contributed by atoms with Crippen LogP contribution in [0.15, 0.2) is 34.1 Å². The van der Waals surface area contributed by atoms with Gasteiger partial charge in [-0.15, -0.1) is 0 Å². The highest BCUT2D eigenvalue weighted by molar-refractivity contribution is 7.91. The van der Waals surface area contributed by atoms with Gasteiger partial charge in [-0.05, 0) is 24.6 Å². The maximum atomic E-state index is 12.8. The Balaban J connectivity index is 2.47. The number of carbonyl (C=O) groups is 1. The lowest BCUT2D eigenvalue weighted by Crippen LogP contribution is -2.46. The van der Waals surface area contributed by atoms with Crippen molar-refractivity contribution < 1.29 is 39.3 Å². The Morgan fingerprint density at radius 2 is 1.69 bits per heavy atom. The second-order valence-electron chi connectivity index (χ2n) is 5.77. The predicted octanol–water partition coefficient (Wildman–Crippen LogP) is -0.717. The average Bonchev–Trinajstić information content (AvgIpc) is 2.89. The molecule has 0 radical (unpaired) electrons. The van der Waals surface area contributed by atoms with Gasteiger partial charge < -0.3 is 5.11 Å². The van der Waals surface area contributed by atoms with Gasteiger partial charge in [0, 0.05) is 12.8 Å². The van der Waals surface area contributed by atoms with Crippen molar-refractivity contribution in [2.24, 2.45) is 0 Å². The lowest BCUT2D eigenvalue weighted by atomic mass is 10.2. The quantitative estimate of drug-likeness (QED) is 0.580. The van der Waals surface area contributed by atoms with E-state index < -0.39 is 53.0 Å². The summed E-state index contributed by atoms with van der Waals surface area (Å²) >= 11 is 0. The van der Waals surface area contributed by atoms with E-state index in [0.717, 1.165) is 24.6 Å². The van der Waals surface area contributed by atoms with Gasteiger partial charge in [0.05, 0.1) is 16.0 Å². The molecule has 146 valence electrons. The number of sulfonamides is 1. The number of hydrogen-bond acceptors (Lipinski definition) is 8. The van der Waals surface area contributed by atoms with Crippen LogP contribution >= 0.6 is 0 Å². The highest BCUT2D eigenvalue weighted by atomic mass is 32.2. The Morgan fingerprint density at radius 3 is 2.19 bits per heavy atom. The van der Waals surface area contributed by atoms with Crippen LogP contribution in [0.1, 0.15) is 6.42 Å². The third kappa shape index (κ3) is 4.40. The summed E-state index contributed by atoms with van der Waals surface area (Å²) in [5.74, 6) is -1.57. The lowest BCUT2D eigenvalue weighted by Gasteiger charge is -2.23. The molecule has 0 bridgehead atoms. The van der Waals surface area contributed by atoms with Crippen LogP contribution in [0.5, 0.6) is 0 Å². The molecule has 0 aliphatic carbocycles. The smallest absolute Gasteiger partial charge is 0.324 e. The van der Waals surface area contributed by atoms with E-state index in [1.54, 1.807) is 0 Å². The first kappa shape index (κ1) is 20.8. The second-order valence-corrected chi connectivity index (χ2v) is 11.3. The molecule has 0 amide bonds. The number of rotatable bonds is 6. The van der Waals surface area contributed by atoms with Crippen molar-refractivity contribution in [1.29, 1.82) is 0 Å². The standard InChI is InChI=1S/C13H17NO9S3/c1-24(17,18)9-4-3-5-10(8-9)26(21,22)14-7-6-11(12(14)13(15)16)23-25(2,19)20/h3-5,8,11-12H,6-7H2,1-2H3,(H,15,16)/t11?,12-/m0/s1. The van der Waals surface area contributed by atoms with Gasteiger partial charge in [0.2, 0.25) is 10.0 Å². The zero-order valence-corrected chi connectivity index (χ0v) is 16.2. The van der Waals surface area contributed by atoms with Gasteiger partial charge in [-0.25, -0.2) is 16.8 Å². The summed E-state index contributed by atoms with van der Waals surface area (Å²) in [4.78, 5) is 10.9. The summed E-state index contributed by atoms with van der Waals surface area (Å²) in [5, 5.41) is 9.37. The third-order valence-corrected chi connectivity index (χ3v) is 7.27. The lowest BCUT2D eigenvalue weighted by molar-refractivity contribution is -0.142. The van der Waals surface area contributed by atoms with E-state index in [1.165, 1.54) is 12.1 Å². The summed E-state index contributed by atoms with van der Waals surface area (Å²) in [5.41, 5.74) is 0. The first-order valence-corrected chi connectivity index (χ1v) is 12.3. The Kier molecular flexibility index (Phi) is 5.50. The van der Waals surface area contributed by atoms with Crippen LogP contribution in [-0.4, -0.2) is 71.8 Å². The van der Waals surface area contributed by atoms with Crippen LogP contribution in [-0.2, 0) is 39.0 Å². The number of carboxylic acid groups (broad SMARTS) is 1. The average molecular weight is 427 g/mol. The van der Waals surface area contributed by atoms with Crippen molar-refractivity contribution in [1.82, 2.24) is 4.31 Å². The minimum Gasteiger partial charge on any atom is -0.480 e. The van der Waals surface area contributed by atoms with Crippen molar-refractivity contribution >= 4 is 35.9 Å².